The lowest BCUT2D eigenvalue weighted by Gasteiger charge is -2.42. The van der Waals surface area contributed by atoms with Crippen LogP contribution in [0.15, 0.2) is 42.5 Å². The first-order valence-electron chi connectivity index (χ1n) is 11.4. The highest BCUT2D eigenvalue weighted by atomic mass is 35.5. The van der Waals surface area contributed by atoms with Gasteiger partial charge in [-0.3, -0.25) is 9.59 Å². The van der Waals surface area contributed by atoms with E-state index in [0.717, 1.165) is 0 Å². The highest BCUT2D eigenvalue weighted by Gasteiger charge is 2.39. The molecule has 2 aliphatic heterocycles. The number of fused-ring (bicyclic) bond motifs is 2. The number of likely N-dealkylation sites (N-methyl/N-ethyl adjacent to an activating group) is 1. The first kappa shape index (κ1) is 24.8. The van der Waals surface area contributed by atoms with Crippen LogP contribution in [0.3, 0.4) is 0 Å². The lowest BCUT2D eigenvalue weighted by Crippen LogP contribution is -2.53. The average molecular weight is 501 g/mol. The predicted molar refractivity (Wildman–Crippen MR) is 133 cm³/mol. The molecule has 1 saturated heterocycles. The van der Waals surface area contributed by atoms with Crippen molar-refractivity contribution in [3.63, 3.8) is 0 Å². The smallest absolute Gasteiger partial charge is 0.323 e. The second-order valence-electron chi connectivity index (χ2n) is 8.96. The summed E-state index contributed by atoms with van der Waals surface area (Å²) in [6.07, 6.45) is 1.14. The molecule has 0 spiro atoms. The monoisotopic (exact) mass is 500 g/mol. The van der Waals surface area contributed by atoms with Gasteiger partial charge in [0.15, 0.2) is 0 Å². The van der Waals surface area contributed by atoms with Crippen LogP contribution in [0.1, 0.15) is 29.6 Å². The van der Waals surface area contributed by atoms with Crippen molar-refractivity contribution >= 4 is 40.8 Å². The van der Waals surface area contributed by atoms with E-state index in [9.17, 15) is 14.4 Å². The summed E-state index contributed by atoms with van der Waals surface area (Å²) in [4.78, 5) is 41.1. The largest absolute Gasteiger partial charge is 0.490 e. The van der Waals surface area contributed by atoms with E-state index in [1.807, 2.05) is 0 Å². The maximum Gasteiger partial charge on any atom is 0.323 e. The number of anilines is 2. The molecule has 3 atom stereocenters. The summed E-state index contributed by atoms with van der Waals surface area (Å²) in [5, 5.41) is 5.96. The highest BCUT2D eigenvalue weighted by molar-refractivity contribution is 6.30. The Balaban J connectivity index is 1.46. The Bertz CT molecular complexity index is 1120. The molecule has 0 saturated carbocycles. The van der Waals surface area contributed by atoms with Crippen LogP contribution in [-0.2, 0) is 9.53 Å². The van der Waals surface area contributed by atoms with E-state index >= 15 is 0 Å². The third-order valence-corrected chi connectivity index (χ3v) is 6.49. The number of ether oxygens (including phenoxy) is 2. The molecule has 2 heterocycles. The molecule has 4 amide bonds. The summed E-state index contributed by atoms with van der Waals surface area (Å²) >= 11 is 5.96. The van der Waals surface area contributed by atoms with Gasteiger partial charge in [-0.15, -0.1) is 0 Å². The van der Waals surface area contributed by atoms with Gasteiger partial charge < -0.3 is 29.9 Å². The van der Waals surface area contributed by atoms with Gasteiger partial charge in [-0.25, -0.2) is 4.79 Å². The first-order valence-corrected chi connectivity index (χ1v) is 11.8. The van der Waals surface area contributed by atoms with Crippen molar-refractivity contribution in [2.45, 2.75) is 37.5 Å². The van der Waals surface area contributed by atoms with Crippen molar-refractivity contribution in [3.05, 3.63) is 53.1 Å². The van der Waals surface area contributed by atoms with Gasteiger partial charge in [-0.05, 0) is 49.2 Å². The maximum atomic E-state index is 13.3. The molecule has 186 valence electrons. The van der Waals surface area contributed by atoms with Gasteiger partial charge in [-0.2, -0.15) is 0 Å². The number of carbonyl (C=O) groups excluding carboxylic acids is 3. The number of hydrogen-bond acceptors (Lipinski definition) is 5. The molecule has 10 heteroatoms. The van der Waals surface area contributed by atoms with Crippen LogP contribution in [0.25, 0.3) is 0 Å². The van der Waals surface area contributed by atoms with Crippen LogP contribution in [0.4, 0.5) is 16.2 Å². The van der Waals surface area contributed by atoms with E-state index in [2.05, 4.69) is 10.6 Å². The van der Waals surface area contributed by atoms with Crippen LogP contribution in [0.5, 0.6) is 5.75 Å². The van der Waals surface area contributed by atoms with Crippen LogP contribution in [0.2, 0.25) is 5.02 Å². The van der Waals surface area contributed by atoms with Gasteiger partial charge >= 0.3 is 6.03 Å². The molecule has 0 radical (unpaired) electrons. The molecular weight excluding hydrogens is 472 g/mol. The fourth-order valence-corrected chi connectivity index (χ4v) is 4.53. The van der Waals surface area contributed by atoms with E-state index < -0.39 is 6.03 Å². The maximum absolute atomic E-state index is 13.3. The highest BCUT2D eigenvalue weighted by Crippen LogP contribution is 2.32. The van der Waals surface area contributed by atoms with Crippen molar-refractivity contribution < 1.29 is 23.9 Å². The van der Waals surface area contributed by atoms with Crippen LogP contribution in [-0.4, -0.2) is 73.6 Å². The lowest BCUT2D eigenvalue weighted by molar-refractivity contribution is -0.140. The van der Waals surface area contributed by atoms with Crippen LogP contribution >= 0.6 is 11.6 Å². The van der Waals surface area contributed by atoms with Gasteiger partial charge in [0.1, 0.15) is 18.5 Å². The molecule has 4 rings (SSSR count). The molecule has 0 bridgehead atoms. The number of halogens is 1. The van der Waals surface area contributed by atoms with Gasteiger partial charge in [0.25, 0.3) is 5.91 Å². The molecule has 9 nitrogen and oxygen atoms in total. The Labute approximate surface area is 209 Å². The molecule has 0 aromatic heterocycles. The summed E-state index contributed by atoms with van der Waals surface area (Å²) in [5.74, 6) is 0.200. The van der Waals surface area contributed by atoms with Gasteiger partial charge in [-0.1, -0.05) is 17.7 Å². The SMILES string of the molecule is CN(C)C(=O)C[C@@H]1CC[C@@H]2[C@@H](COc3ccc(NC(=O)Nc4cccc(Cl)c4)cc3C(=O)N2C)O1. The summed E-state index contributed by atoms with van der Waals surface area (Å²) < 4.78 is 12.2. The number of urea groups is 1. The van der Waals surface area contributed by atoms with Gasteiger partial charge in [0.05, 0.1) is 24.1 Å². The third kappa shape index (κ3) is 5.86. The van der Waals surface area contributed by atoms with Crippen LogP contribution < -0.4 is 15.4 Å². The second-order valence-corrected chi connectivity index (χ2v) is 9.40. The fourth-order valence-electron chi connectivity index (χ4n) is 4.34. The zero-order valence-corrected chi connectivity index (χ0v) is 20.7. The van der Waals surface area contributed by atoms with E-state index in [0.29, 0.717) is 47.0 Å². The quantitative estimate of drug-likeness (QED) is 0.664. The molecule has 2 N–H and O–H groups in total. The number of carbonyl (C=O) groups is 3. The number of nitrogens with one attached hydrogen (secondary N) is 2. The Kier molecular flexibility index (Phi) is 7.47. The first-order chi connectivity index (χ1) is 16.7. The van der Waals surface area contributed by atoms with Crippen molar-refractivity contribution in [2.75, 3.05) is 38.4 Å². The molecule has 1 fully saturated rings. The van der Waals surface area contributed by atoms with E-state index in [1.54, 1.807) is 73.4 Å². The molecule has 0 aliphatic carbocycles. The fraction of sp³-hybridized carbons (Fsp3) is 0.400. The van der Waals surface area contributed by atoms with Crippen molar-refractivity contribution in [3.8, 4) is 5.75 Å². The second kappa shape index (κ2) is 10.5. The third-order valence-electron chi connectivity index (χ3n) is 6.25. The van der Waals surface area contributed by atoms with E-state index in [4.69, 9.17) is 21.1 Å². The molecule has 2 aliphatic rings. The summed E-state index contributed by atoms with van der Waals surface area (Å²) in [7, 11) is 5.19. The minimum Gasteiger partial charge on any atom is -0.490 e. The summed E-state index contributed by atoms with van der Waals surface area (Å²) in [6, 6.07) is 11.1. The minimum absolute atomic E-state index is 0.00872. The Morgan fingerprint density at radius 1 is 1.11 bits per heavy atom. The zero-order chi connectivity index (χ0) is 25.1. The number of hydrogen-bond donors (Lipinski definition) is 2. The van der Waals surface area contributed by atoms with Gasteiger partial charge in [0.2, 0.25) is 5.91 Å². The van der Waals surface area contributed by atoms with Crippen molar-refractivity contribution in [2.24, 2.45) is 0 Å². The Morgan fingerprint density at radius 2 is 1.86 bits per heavy atom. The summed E-state index contributed by atoms with van der Waals surface area (Å²) in [5.41, 5.74) is 1.36. The minimum atomic E-state index is -0.459. The Hall–Kier alpha value is -3.30. The number of nitrogens with zero attached hydrogens (tertiary/aromatic N) is 2. The number of amides is 4. The van der Waals surface area contributed by atoms with Gasteiger partial charge in [0, 0.05) is 37.5 Å². The van der Waals surface area contributed by atoms with E-state index in [-0.39, 0.29) is 36.7 Å². The molecule has 0 unspecified atom stereocenters. The van der Waals surface area contributed by atoms with Crippen molar-refractivity contribution in [1.82, 2.24) is 9.80 Å². The molecule has 2 aromatic rings. The number of benzene rings is 2. The average Bonchev–Trinajstić information content (AvgIpc) is 2.81. The normalized spacial score (nSPS) is 21.5. The summed E-state index contributed by atoms with van der Waals surface area (Å²) in [6.45, 7) is 0.254. The molecule has 35 heavy (non-hydrogen) atoms. The Morgan fingerprint density at radius 3 is 2.57 bits per heavy atom. The van der Waals surface area contributed by atoms with Crippen LogP contribution in [0, 0.1) is 0 Å². The zero-order valence-electron chi connectivity index (χ0n) is 19.9. The number of rotatable bonds is 4. The standard InChI is InChI=1S/C25H29ClN4O5/c1-29(2)23(31)13-18-8-9-20-22(35-18)14-34-21-10-7-17(12-19(21)24(32)30(20)3)28-25(33)27-16-6-4-5-15(26)11-16/h4-7,10-12,18,20,22H,8-9,13-14H2,1-3H3,(H2,27,28,33)/t18-,20+,22+/m0/s1. The lowest BCUT2D eigenvalue weighted by atomic mass is 9.94. The molecular formula is C25H29ClN4O5. The predicted octanol–water partition coefficient (Wildman–Crippen LogP) is 3.84. The van der Waals surface area contributed by atoms with Crippen molar-refractivity contribution in [1.29, 1.82) is 0 Å². The molecule has 2 aromatic carbocycles. The van der Waals surface area contributed by atoms with E-state index in [1.165, 1.54) is 0 Å². The topological polar surface area (TPSA) is 100 Å².